The smallest absolute Gasteiger partial charge is 0.322 e. The summed E-state index contributed by atoms with van der Waals surface area (Å²) in [6.07, 6.45) is 1.17. The van der Waals surface area contributed by atoms with E-state index in [1.807, 2.05) is 0 Å². The Kier molecular flexibility index (Phi) is 6.23. The van der Waals surface area contributed by atoms with Crippen LogP contribution in [0.3, 0.4) is 0 Å². The van der Waals surface area contributed by atoms with E-state index in [9.17, 15) is 9.59 Å². The number of benzene rings is 1. The van der Waals surface area contributed by atoms with Crippen molar-refractivity contribution in [1.82, 2.24) is 5.32 Å². The second kappa shape index (κ2) is 7.90. The van der Waals surface area contributed by atoms with Crippen molar-refractivity contribution in [3.05, 3.63) is 34.5 Å². The van der Waals surface area contributed by atoms with Crippen LogP contribution in [0.15, 0.2) is 23.9 Å². The third-order valence-electron chi connectivity index (χ3n) is 2.62. The molecule has 1 amide bonds. The monoisotopic (exact) mass is 323 g/mol. The number of halogens is 1. The van der Waals surface area contributed by atoms with E-state index in [0.717, 1.165) is 5.56 Å². The molecule has 7 nitrogen and oxygen atoms in total. The Bertz CT molecular complexity index is 665. The van der Waals surface area contributed by atoms with Gasteiger partial charge in [-0.2, -0.15) is 5.26 Å². The van der Waals surface area contributed by atoms with Gasteiger partial charge in [0.05, 0.1) is 12.8 Å². The standard InChI is InChI=1S/C14H14ClN3O4/c1-8-3-11(12(22-2)4-10(8)15)17-6-9(5-16)14(21)18-7-13(19)20/h3-4,6,17H,7H2,1-2H3,(H,18,21)(H,19,20)/b9-6-. The van der Waals surface area contributed by atoms with Gasteiger partial charge in [0.15, 0.2) is 0 Å². The molecule has 1 rings (SSSR count). The summed E-state index contributed by atoms with van der Waals surface area (Å²) in [5.41, 5.74) is 1.03. The number of rotatable bonds is 6. The second-order valence-electron chi connectivity index (χ2n) is 4.19. The van der Waals surface area contributed by atoms with Crippen LogP contribution in [0.4, 0.5) is 5.69 Å². The number of anilines is 1. The lowest BCUT2D eigenvalue weighted by Gasteiger charge is -2.11. The molecular formula is C14H14ClN3O4. The third-order valence-corrected chi connectivity index (χ3v) is 3.03. The lowest BCUT2D eigenvalue weighted by molar-refractivity contribution is -0.137. The van der Waals surface area contributed by atoms with Crippen LogP contribution in [0.1, 0.15) is 5.56 Å². The highest BCUT2D eigenvalue weighted by Gasteiger charge is 2.11. The lowest BCUT2D eigenvalue weighted by atomic mass is 10.2. The van der Waals surface area contributed by atoms with Gasteiger partial charge < -0.3 is 20.5 Å². The van der Waals surface area contributed by atoms with E-state index in [4.69, 9.17) is 26.7 Å². The third kappa shape index (κ3) is 4.68. The number of ether oxygens (including phenoxy) is 1. The number of aliphatic carboxylic acids is 1. The summed E-state index contributed by atoms with van der Waals surface area (Å²) in [4.78, 5) is 22.0. The summed E-state index contributed by atoms with van der Waals surface area (Å²) in [5, 5.41) is 22.8. The van der Waals surface area contributed by atoms with Crippen LogP contribution in [0.2, 0.25) is 5.02 Å². The van der Waals surface area contributed by atoms with Crippen molar-refractivity contribution in [1.29, 1.82) is 5.26 Å². The lowest BCUT2D eigenvalue weighted by Crippen LogP contribution is -2.30. The van der Waals surface area contributed by atoms with Crippen LogP contribution < -0.4 is 15.4 Å². The van der Waals surface area contributed by atoms with E-state index in [1.165, 1.54) is 13.3 Å². The number of carboxylic acids is 1. The van der Waals surface area contributed by atoms with Crippen molar-refractivity contribution >= 4 is 29.2 Å². The van der Waals surface area contributed by atoms with Gasteiger partial charge in [0.25, 0.3) is 5.91 Å². The molecule has 0 aliphatic heterocycles. The van der Waals surface area contributed by atoms with Gasteiger partial charge in [-0.25, -0.2) is 0 Å². The van der Waals surface area contributed by atoms with Crippen molar-refractivity contribution in [3.63, 3.8) is 0 Å². The fourth-order valence-corrected chi connectivity index (χ4v) is 1.65. The van der Waals surface area contributed by atoms with Crippen LogP contribution in [0.5, 0.6) is 5.75 Å². The summed E-state index contributed by atoms with van der Waals surface area (Å²) in [6, 6.07) is 4.98. The number of nitrogens with one attached hydrogen (secondary N) is 2. The largest absolute Gasteiger partial charge is 0.495 e. The number of carboxylic acid groups (broad SMARTS) is 1. The molecule has 0 saturated heterocycles. The van der Waals surface area contributed by atoms with Gasteiger partial charge in [0.2, 0.25) is 0 Å². The Morgan fingerprint density at radius 2 is 2.18 bits per heavy atom. The molecule has 0 aliphatic rings. The van der Waals surface area contributed by atoms with E-state index in [0.29, 0.717) is 16.5 Å². The summed E-state index contributed by atoms with van der Waals surface area (Å²) in [7, 11) is 1.46. The van der Waals surface area contributed by atoms with Crippen molar-refractivity contribution in [2.24, 2.45) is 0 Å². The van der Waals surface area contributed by atoms with Gasteiger partial charge >= 0.3 is 5.97 Å². The normalized spacial score (nSPS) is 10.5. The average molecular weight is 324 g/mol. The number of hydrogen-bond donors (Lipinski definition) is 3. The number of hydrogen-bond acceptors (Lipinski definition) is 5. The maximum absolute atomic E-state index is 11.6. The highest BCUT2D eigenvalue weighted by atomic mass is 35.5. The van der Waals surface area contributed by atoms with E-state index in [-0.39, 0.29) is 5.57 Å². The Hall–Kier alpha value is -2.72. The molecule has 0 radical (unpaired) electrons. The first-order valence-electron chi connectivity index (χ1n) is 6.10. The first kappa shape index (κ1) is 17.3. The summed E-state index contributed by atoms with van der Waals surface area (Å²) in [5.74, 6) is -1.55. The van der Waals surface area contributed by atoms with Crippen LogP contribution in [-0.2, 0) is 9.59 Å². The highest BCUT2D eigenvalue weighted by molar-refractivity contribution is 6.31. The molecule has 0 saturated carbocycles. The molecule has 0 heterocycles. The molecule has 0 unspecified atom stereocenters. The van der Waals surface area contributed by atoms with Crippen LogP contribution in [0, 0.1) is 18.3 Å². The van der Waals surface area contributed by atoms with Crippen molar-refractivity contribution in [2.75, 3.05) is 19.0 Å². The Labute approximate surface area is 132 Å². The summed E-state index contributed by atoms with van der Waals surface area (Å²) >= 11 is 5.98. The number of carbonyl (C=O) groups is 2. The van der Waals surface area contributed by atoms with Crippen molar-refractivity contribution < 1.29 is 19.4 Å². The predicted octanol–water partition coefficient (Wildman–Crippen LogP) is 1.68. The number of aryl methyl sites for hydroxylation is 1. The minimum atomic E-state index is -1.20. The molecule has 1 aromatic rings. The summed E-state index contributed by atoms with van der Waals surface area (Å²) in [6.45, 7) is 1.22. The minimum absolute atomic E-state index is 0.268. The van der Waals surface area contributed by atoms with Crippen LogP contribution in [0.25, 0.3) is 0 Å². The predicted molar refractivity (Wildman–Crippen MR) is 80.7 cm³/mol. The Morgan fingerprint density at radius 3 is 2.73 bits per heavy atom. The van der Waals surface area contributed by atoms with Gasteiger partial charge in [-0.1, -0.05) is 11.6 Å². The van der Waals surface area contributed by atoms with Gasteiger partial charge in [-0.15, -0.1) is 0 Å². The van der Waals surface area contributed by atoms with Gasteiger partial charge in [0.1, 0.15) is 23.9 Å². The molecule has 0 bridgehead atoms. The second-order valence-corrected chi connectivity index (χ2v) is 4.60. The fourth-order valence-electron chi connectivity index (χ4n) is 1.49. The maximum atomic E-state index is 11.6. The minimum Gasteiger partial charge on any atom is -0.495 e. The van der Waals surface area contributed by atoms with E-state index in [2.05, 4.69) is 10.6 Å². The number of nitriles is 1. The van der Waals surface area contributed by atoms with Crippen molar-refractivity contribution in [2.45, 2.75) is 6.92 Å². The van der Waals surface area contributed by atoms with Crippen LogP contribution >= 0.6 is 11.6 Å². The maximum Gasteiger partial charge on any atom is 0.322 e. The highest BCUT2D eigenvalue weighted by Crippen LogP contribution is 2.30. The average Bonchev–Trinajstić information content (AvgIpc) is 2.48. The first-order chi connectivity index (χ1) is 10.4. The number of methoxy groups -OCH3 is 1. The fraction of sp³-hybridized carbons (Fsp3) is 0.214. The zero-order valence-electron chi connectivity index (χ0n) is 11.9. The van der Waals surface area contributed by atoms with Crippen molar-refractivity contribution in [3.8, 4) is 11.8 Å². The SMILES string of the molecule is COc1cc(Cl)c(C)cc1N/C=C(/C#N)C(=O)NCC(=O)O. The molecule has 0 fully saturated rings. The molecule has 0 aliphatic carbocycles. The van der Waals surface area contributed by atoms with E-state index >= 15 is 0 Å². The molecule has 1 aromatic carbocycles. The number of nitrogens with zero attached hydrogens (tertiary/aromatic N) is 1. The molecule has 22 heavy (non-hydrogen) atoms. The van der Waals surface area contributed by atoms with E-state index in [1.54, 1.807) is 25.1 Å². The molecular weight excluding hydrogens is 310 g/mol. The summed E-state index contributed by atoms with van der Waals surface area (Å²) < 4.78 is 5.15. The molecule has 0 spiro atoms. The zero-order chi connectivity index (χ0) is 16.7. The van der Waals surface area contributed by atoms with Gasteiger partial charge in [-0.05, 0) is 18.6 Å². The Balaban J connectivity index is 2.93. The van der Waals surface area contributed by atoms with Crippen LogP contribution in [-0.4, -0.2) is 30.6 Å². The topological polar surface area (TPSA) is 111 Å². The zero-order valence-corrected chi connectivity index (χ0v) is 12.7. The molecule has 0 atom stereocenters. The van der Waals surface area contributed by atoms with Gasteiger partial charge in [-0.3, -0.25) is 9.59 Å². The molecule has 8 heteroatoms. The van der Waals surface area contributed by atoms with E-state index < -0.39 is 18.4 Å². The molecule has 116 valence electrons. The molecule has 0 aromatic heterocycles. The number of carbonyl (C=O) groups excluding carboxylic acids is 1. The quantitative estimate of drug-likeness (QED) is 0.542. The molecule has 3 N–H and O–H groups in total. The number of amides is 1. The van der Waals surface area contributed by atoms with Gasteiger partial charge in [0, 0.05) is 17.3 Å². The Morgan fingerprint density at radius 1 is 1.50 bits per heavy atom. The first-order valence-corrected chi connectivity index (χ1v) is 6.47.